The van der Waals surface area contributed by atoms with Gasteiger partial charge in [0.15, 0.2) is 5.82 Å². The van der Waals surface area contributed by atoms with Gasteiger partial charge in [0.25, 0.3) is 5.91 Å². The Morgan fingerprint density at radius 3 is 2.59 bits per heavy atom. The van der Waals surface area contributed by atoms with Crippen LogP contribution in [0, 0.1) is 0 Å². The van der Waals surface area contributed by atoms with E-state index in [0.717, 1.165) is 31.8 Å². The quantitative estimate of drug-likeness (QED) is 0.844. The smallest absolute Gasteiger partial charge is 0.251 e. The Labute approximate surface area is 160 Å². The van der Waals surface area contributed by atoms with Gasteiger partial charge in [0, 0.05) is 18.0 Å². The highest BCUT2D eigenvalue weighted by Gasteiger charge is 2.21. The Bertz CT molecular complexity index is 744. The summed E-state index contributed by atoms with van der Waals surface area (Å²) in [6.45, 7) is 2.40. The third kappa shape index (κ3) is 4.56. The first-order chi connectivity index (χ1) is 13.3. The molecule has 1 amide bonds. The predicted octanol–water partition coefficient (Wildman–Crippen LogP) is 3.51. The summed E-state index contributed by atoms with van der Waals surface area (Å²) in [6, 6.07) is 7.95. The van der Waals surface area contributed by atoms with Crippen LogP contribution in [0.1, 0.15) is 84.4 Å². The molecule has 6 nitrogen and oxygen atoms in total. The Morgan fingerprint density at radius 1 is 1.07 bits per heavy atom. The summed E-state index contributed by atoms with van der Waals surface area (Å²) < 4.78 is 5.32. The van der Waals surface area contributed by atoms with Crippen LogP contribution in [0.25, 0.3) is 0 Å². The van der Waals surface area contributed by atoms with Crippen LogP contribution in [0.4, 0.5) is 0 Å². The summed E-state index contributed by atoms with van der Waals surface area (Å²) in [7, 11) is 0. The number of nitrogens with zero attached hydrogens (tertiary/aromatic N) is 2. The molecule has 0 unspecified atom stereocenters. The molecule has 4 rings (SSSR count). The zero-order chi connectivity index (χ0) is 18.5. The van der Waals surface area contributed by atoms with E-state index in [1.807, 2.05) is 12.1 Å². The van der Waals surface area contributed by atoms with Crippen LogP contribution < -0.4 is 10.6 Å². The number of carbonyl (C=O) groups is 1. The molecular weight excluding hydrogens is 340 g/mol. The lowest BCUT2D eigenvalue weighted by molar-refractivity contribution is 0.0946. The summed E-state index contributed by atoms with van der Waals surface area (Å²) >= 11 is 0. The van der Waals surface area contributed by atoms with Crippen molar-refractivity contribution in [2.45, 2.75) is 63.3 Å². The molecule has 2 heterocycles. The minimum atomic E-state index is -0.110. The molecule has 1 aliphatic carbocycles. The zero-order valence-electron chi connectivity index (χ0n) is 15.7. The fraction of sp³-hybridized carbons (Fsp3) is 0.571. The molecule has 1 saturated heterocycles. The molecule has 2 fully saturated rings. The first-order valence-corrected chi connectivity index (χ1v) is 10.2. The number of piperidine rings is 1. The highest BCUT2D eigenvalue weighted by molar-refractivity contribution is 5.94. The van der Waals surface area contributed by atoms with Gasteiger partial charge in [-0.1, -0.05) is 36.6 Å². The molecule has 1 aromatic carbocycles. The van der Waals surface area contributed by atoms with E-state index in [2.05, 4.69) is 32.9 Å². The van der Waals surface area contributed by atoms with E-state index < -0.39 is 0 Å². The van der Waals surface area contributed by atoms with Crippen LogP contribution in [0.3, 0.4) is 0 Å². The Morgan fingerprint density at radius 2 is 1.85 bits per heavy atom. The third-order valence-corrected chi connectivity index (χ3v) is 5.80. The average Bonchev–Trinajstić information content (AvgIpc) is 3.22. The van der Waals surface area contributed by atoms with Crippen molar-refractivity contribution in [2.24, 2.45) is 0 Å². The van der Waals surface area contributed by atoms with Crippen molar-refractivity contribution in [3.8, 4) is 0 Å². The largest absolute Gasteiger partial charge is 0.343 e. The molecule has 0 radical (unpaired) electrons. The van der Waals surface area contributed by atoms with E-state index in [9.17, 15) is 4.79 Å². The summed E-state index contributed by atoms with van der Waals surface area (Å²) in [6.07, 6.45) is 8.45. The van der Waals surface area contributed by atoms with E-state index in [1.54, 1.807) is 0 Å². The second-order valence-electron chi connectivity index (χ2n) is 7.73. The van der Waals surface area contributed by atoms with Gasteiger partial charge in [0.2, 0.25) is 5.89 Å². The summed E-state index contributed by atoms with van der Waals surface area (Å²) in [5.41, 5.74) is 1.96. The minimum absolute atomic E-state index is 0.110. The molecule has 144 valence electrons. The van der Waals surface area contributed by atoms with Crippen molar-refractivity contribution >= 4 is 5.91 Å². The topological polar surface area (TPSA) is 80.1 Å². The first kappa shape index (κ1) is 18.2. The predicted molar refractivity (Wildman–Crippen MR) is 103 cm³/mol. The maximum absolute atomic E-state index is 12.4. The van der Waals surface area contributed by atoms with E-state index in [-0.39, 0.29) is 12.5 Å². The molecule has 2 N–H and O–H groups in total. The van der Waals surface area contributed by atoms with Crippen LogP contribution >= 0.6 is 0 Å². The number of benzene rings is 1. The van der Waals surface area contributed by atoms with Gasteiger partial charge in [-0.2, -0.15) is 4.98 Å². The van der Waals surface area contributed by atoms with E-state index in [4.69, 9.17) is 4.52 Å². The van der Waals surface area contributed by atoms with Gasteiger partial charge < -0.3 is 15.2 Å². The number of rotatable bonds is 5. The van der Waals surface area contributed by atoms with E-state index in [1.165, 1.54) is 37.7 Å². The van der Waals surface area contributed by atoms with Gasteiger partial charge in [-0.05, 0) is 55.8 Å². The molecule has 0 spiro atoms. The molecule has 1 saturated carbocycles. The lowest BCUT2D eigenvalue weighted by Gasteiger charge is -2.23. The molecule has 1 aromatic heterocycles. The summed E-state index contributed by atoms with van der Waals surface area (Å²) in [5.74, 6) is 2.13. The van der Waals surface area contributed by atoms with Crippen LogP contribution in [0.15, 0.2) is 28.8 Å². The van der Waals surface area contributed by atoms with Gasteiger partial charge in [-0.15, -0.1) is 0 Å². The van der Waals surface area contributed by atoms with Gasteiger partial charge in [0.05, 0.1) is 6.54 Å². The van der Waals surface area contributed by atoms with Crippen LogP contribution in [-0.2, 0) is 6.54 Å². The summed E-state index contributed by atoms with van der Waals surface area (Å²) in [4.78, 5) is 16.9. The van der Waals surface area contributed by atoms with E-state index in [0.29, 0.717) is 23.3 Å². The second-order valence-corrected chi connectivity index (χ2v) is 7.73. The van der Waals surface area contributed by atoms with Crippen LogP contribution in [0.5, 0.6) is 0 Å². The summed E-state index contributed by atoms with van der Waals surface area (Å²) in [5, 5.41) is 10.4. The first-order valence-electron chi connectivity index (χ1n) is 10.2. The van der Waals surface area contributed by atoms with Gasteiger partial charge in [-0.25, -0.2) is 0 Å². The fourth-order valence-electron chi connectivity index (χ4n) is 4.17. The number of nitrogens with one attached hydrogen (secondary N) is 2. The number of hydrogen-bond acceptors (Lipinski definition) is 5. The Balaban J connectivity index is 1.30. The molecule has 2 aliphatic rings. The van der Waals surface area contributed by atoms with Crippen molar-refractivity contribution in [1.82, 2.24) is 20.8 Å². The third-order valence-electron chi connectivity index (χ3n) is 5.80. The molecular formula is C21H28N4O2. The van der Waals surface area contributed by atoms with Gasteiger partial charge >= 0.3 is 0 Å². The SMILES string of the molecule is O=C(NCc1nc(C2CCCCC2)no1)c1ccc([C@H]2CCCNC2)cc1. The van der Waals surface area contributed by atoms with Crippen molar-refractivity contribution in [3.63, 3.8) is 0 Å². The normalized spacial score (nSPS) is 21.1. The van der Waals surface area contributed by atoms with E-state index >= 15 is 0 Å². The van der Waals surface area contributed by atoms with Crippen LogP contribution in [0.2, 0.25) is 0 Å². The van der Waals surface area contributed by atoms with Crippen molar-refractivity contribution in [1.29, 1.82) is 0 Å². The average molecular weight is 368 g/mol. The van der Waals surface area contributed by atoms with Crippen LogP contribution in [-0.4, -0.2) is 29.1 Å². The molecule has 0 bridgehead atoms. The molecule has 1 aliphatic heterocycles. The number of amides is 1. The highest BCUT2D eigenvalue weighted by atomic mass is 16.5. The maximum Gasteiger partial charge on any atom is 0.251 e. The van der Waals surface area contributed by atoms with Gasteiger partial charge in [0.1, 0.15) is 0 Å². The Kier molecular flexibility index (Phi) is 5.82. The number of hydrogen-bond donors (Lipinski definition) is 2. The van der Waals surface area contributed by atoms with Gasteiger partial charge in [-0.3, -0.25) is 4.79 Å². The van der Waals surface area contributed by atoms with Crippen molar-refractivity contribution < 1.29 is 9.32 Å². The Hall–Kier alpha value is -2.21. The lowest BCUT2D eigenvalue weighted by Crippen LogP contribution is -2.28. The fourth-order valence-corrected chi connectivity index (χ4v) is 4.17. The standard InChI is InChI=1S/C21H28N4O2/c26-21(17-10-8-15(9-11-17)18-7-4-12-22-13-18)23-14-19-24-20(25-27-19)16-5-2-1-3-6-16/h8-11,16,18,22H,1-7,12-14H2,(H,23,26)/t18-/m0/s1. The number of carbonyl (C=O) groups excluding carboxylic acids is 1. The number of aromatic nitrogens is 2. The molecule has 27 heavy (non-hydrogen) atoms. The monoisotopic (exact) mass is 368 g/mol. The minimum Gasteiger partial charge on any atom is -0.343 e. The maximum atomic E-state index is 12.4. The molecule has 1 atom stereocenters. The van der Waals surface area contributed by atoms with Crippen molar-refractivity contribution in [2.75, 3.05) is 13.1 Å². The lowest BCUT2D eigenvalue weighted by atomic mass is 9.89. The second kappa shape index (κ2) is 8.65. The molecule has 6 heteroatoms. The van der Waals surface area contributed by atoms with Crippen molar-refractivity contribution in [3.05, 3.63) is 47.1 Å². The zero-order valence-corrected chi connectivity index (χ0v) is 15.7. The molecule has 2 aromatic rings. The highest BCUT2D eigenvalue weighted by Crippen LogP contribution is 2.30.